The van der Waals surface area contributed by atoms with Crippen LogP contribution in [0.2, 0.25) is 0 Å². The molecule has 0 bridgehead atoms. The van der Waals surface area contributed by atoms with Gasteiger partial charge in [0.1, 0.15) is 11.6 Å². The first-order valence-corrected chi connectivity index (χ1v) is 11.9. The second kappa shape index (κ2) is 11.5. The van der Waals surface area contributed by atoms with Crippen LogP contribution in [0.1, 0.15) is 5.56 Å². The van der Waals surface area contributed by atoms with Crippen LogP contribution in [0.3, 0.4) is 0 Å². The van der Waals surface area contributed by atoms with Crippen molar-refractivity contribution in [3.63, 3.8) is 0 Å². The van der Waals surface area contributed by atoms with Crippen LogP contribution in [0.25, 0.3) is 0 Å². The van der Waals surface area contributed by atoms with Crippen molar-refractivity contribution in [2.45, 2.75) is 9.79 Å². The van der Waals surface area contributed by atoms with Crippen molar-refractivity contribution in [1.29, 1.82) is 5.26 Å². The molecule has 0 spiro atoms. The molecular formula is C25H14BF8NO2S. The quantitative estimate of drug-likeness (QED) is 0.0885. The van der Waals surface area contributed by atoms with E-state index < -0.39 is 51.7 Å². The molecular weight excluding hydrogens is 541 g/mol. The third kappa shape index (κ3) is 6.03. The fourth-order valence-corrected chi connectivity index (χ4v) is 4.94. The van der Waals surface area contributed by atoms with Crippen molar-refractivity contribution in [3.8, 4) is 11.8 Å². The summed E-state index contributed by atoms with van der Waals surface area (Å²) in [5, 5.41) is 8.87. The van der Waals surface area contributed by atoms with Crippen LogP contribution in [-0.4, -0.2) is 6.98 Å². The number of nitrogens with zero attached hydrogens (tertiary/aromatic N) is 1. The lowest BCUT2D eigenvalue weighted by Gasteiger charge is -2.17. The molecule has 0 saturated carbocycles. The molecule has 4 rings (SSSR count). The number of hydrogen-bond acceptors (Lipinski definition) is 3. The zero-order valence-corrected chi connectivity index (χ0v) is 19.7. The highest BCUT2D eigenvalue weighted by atomic mass is 32.3. The molecule has 0 amide bonds. The van der Waals surface area contributed by atoms with Crippen LogP contribution in [-0.2, 0) is 14.4 Å². The van der Waals surface area contributed by atoms with Gasteiger partial charge in [0.25, 0.3) is 0 Å². The average molecular weight is 555 g/mol. The molecule has 0 heterocycles. The summed E-state index contributed by atoms with van der Waals surface area (Å²) in [6.45, 7) is -6.30. The van der Waals surface area contributed by atoms with Gasteiger partial charge in [0, 0.05) is 0 Å². The minimum absolute atomic E-state index is 0.460. The molecule has 13 heteroatoms. The standard InChI is InChI=1S/C19H14NO2S.C6BF8/c20-15-16-11-13-17(14-12-16)22-23(21,18-7-3-1-4-8-18)19-9-5-2-6-10-19;8-2-1(7(13,14)15)3(9)5(11)6(12)4(2)10/h1-14H;/q+1;-1. The third-order valence-corrected chi connectivity index (χ3v) is 7.09. The number of rotatable bonds is 5. The molecule has 0 atom stereocenters. The van der Waals surface area contributed by atoms with E-state index in [-0.39, 0.29) is 0 Å². The molecule has 0 N–H and O–H groups in total. The molecule has 0 aliphatic heterocycles. The van der Waals surface area contributed by atoms with Gasteiger partial charge in [-0.05, 0) is 58.2 Å². The number of benzene rings is 4. The summed E-state index contributed by atoms with van der Waals surface area (Å²) < 4.78 is 117. The SMILES string of the molecule is Fc1c(F)c(F)c([B-](F)(F)F)c(F)c1F.N#Cc1ccc(O[S+](=O)(c2ccccc2)c2ccccc2)cc1. The first-order valence-electron chi connectivity index (χ1n) is 10.5. The molecule has 4 aromatic rings. The second-order valence-electron chi connectivity index (χ2n) is 7.41. The molecule has 0 aromatic heterocycles. The second-order valence-corrected chi connectivity index (χ2v) is 9.52. The highest BCUT2D eigenvalue weighted by Crippen LogP contribution is 2.32. The van der Waals surface area contributed by atoms with Gasteiger partial charge in [0.2, 0.25) is 9.79 Å². The Hall–Kier alpha value is -4.18. The Morgan fingerprint density at radius 1 is 0.632 bits per heavy atom. The van der Waals surface area contributed by atoms with Crippen molar-refractivity contribution in [2.24, 2.45) is 0 Å². The van der Waals surface area contributed by atoms with E-state index in [1.54, 1.807) is 48.5 Å². The highest BCUT2D eigenvalue weighted by molar-refractivity contribution is 7.99. The topological polar surface area (TPSA) is 50.1 Å². The Labute approximate surface area is 212 Å². The van der Waals surface area contributed by atoms with Gasteiger partial charge in [-0.2, -0.15) is 5.26 Å². The predicted octanol–water partition coefficient (Wildman–Crippen LogP) is 6.91. The zero-order valence-electron chi connectivity index (χ0n) is 18.9. The Balaban J connectivity index is 0.000000232. The largest absolute Gasteiger partial charge is 0.515 e. The predicted molar refractivity (Wildman–Crippen MR) is 124 cm³/mol. The van der Waals surface area contributed by atoms with E-state index in [9.17, 15) is 39.1 Å². The van der Waals surface area contributed by atoms with E-state index in [1.807, 2.05) is 36.4 Å². The summed E-state index contributed by atoms with van der Waals surface area (Å²) in [4.78, 5) is 1.21. The number of hydrogen-bond donors (Lipinski definition) is 0. The molecule has 0 unspecified atom stereocenters. The first-order chi connectivity index (χ1) is 17.9. The maximum atomic E-state index is 13.6. The van der Waals surface area contributed by atoms with Crippen molar-refractivity contribution in [2.75, 3.05) is 0 Å². The Kier molecular flexibility index (Phi) is 8.58. The lowest BCUT2D eigenvalue weighted by molar-refractivity contribution is 0.377. The van der Waals surface area contributed by atoms with Gasteiger partial charge < -0.3 is 12.9 Å². The van der Waals surface area contributed by atoms with E-state index in [4.69, 9.17) is 9.44 Å². The van der Waals surface area contributed by atoms with Crippen molar-refractivity contribution < 1.29 is 43.3 Å². The molecule has 0 saturated heterocycles. The van der Waals surface area contributed by atoms with E-state index >= 15 is 0 Å². The van der Waals surface area contributed by atoms with Crippen LogP contribution in [0, 0.1) is 40.4 Å². The minimum Gasteiger partial charge on any atom is -0.445 e. The number of nitriles is 1. The summed E-state index contributed by atoms with van der Waals surface area (Å²) in [6.07, 6.45) is 0. The first kappa shape index (κ1) is 28.4. The maximum absolute atomic E-state index is 13.6. The van der Waals surface area contributed by atoms with E-state index in [2.05, 4.69) is 6.07 Å². The van der Waals surface area contributed by atoms with Crippen molar-refractivity contribution in [1.82, 2.24) is 0 Å². The normalized spacial score (nSPS) is 11.2. The van der Waals surface area contributed by atoms with Crippen LogP contribution in [0.5, 0.6) is 5.75 Å². The van der Waals surface area contributed by atoms with E-state index in [0.29, 0.717) is 21.1 Å². The smallest absolute Gasteiger partial charge is 0.445 e. The van der Waals surface area contributed by atoms with Crippen LogP contribution in [0.4, 0.5) is 34.9 Å². The zero-order chi connectivity index (χ0) is 28.1. The van der Waals surface area contributed by atoms with Gasteiger partial charge in [-0.3, -0.25) is 4.18 Å². The summed E-state index contributed by atoms with van der Waals surface area (Å²) in [7, 11) is -2.90. The van der Waals surface area contributed by atoms with Gasteiger partial charge in [-0.25, -0.2) is 22.0 Å². The van der Waals surface area contributed by atoms with E-state index in [0.717, 1.165) is 0 Å². The monoisotopic (exact) mass is 555 g/mol. The van der Waals surface area contributed by atoms with E-state index in [1.165, 1.54) is 0 Å². The molecule has 4 aromatic carbocycles. The van der Waals surface area contributed by atoms with Gasteiger partial charge in [0.05, 0.1) is 11.6 Å². The van der Waals surface area contributed by atoms with Crippen molar-refractivity contribution in [3.05, 3.63) is 120 Å². The molecule has 38 heavy (non-hydrogen) atoms. The Morgan fingerprint density at radius 2 is 1.03 bits per heavy atom. The molecule has 0 aliphatic rings. The summed E-state index contributed by atoms with van der Waals surface area (Å²) in [6, 6.07) is 26.9. The van der Waals surface area contributed by atoms with Crippen molar-refractivity contribution >= 4 is 22.7 Å². The Bertz CT molecular complexity index is 1440. The number of halogens is 8. The summed E-state index contributed by atoms with van der Waals surface area (Å²) in [5.41, 5.74) is -2.20. The van der Waals surface area contributed by atoms with Gasteiger partial charge >= 0.3 is 17.2 Å². The highest BCUT2D eigenvalue weighted by Gasteiger charge is 2.39. The Morgan fingerprint density at radius 3 is 1.39 bits per heavy atom. The maximum Gasteiger partial charge on any atom is 0.515 e. The van der Waals surface area contributed by atoms with Crippen LogP contribution >= 0.6 is 0 Å². The molecule has 0 radical (unpaired) electrons. The van der Waals surface area contributed by atoms with Gasteiger partial charge in [-0.15, -0.1) is 0 Å². The van der Waals surface area contributed by atoms with Gasteiger partial charge in [0.15, 0.2) is 23.2 Å². The van der Waals surface area contributed by atoms with Gasteiger partial charge in [-0.1, -0.05) is 36.4 Å². The lowest BCUT2D eigenvalue weighted by atomic mass is 9.79. The summed E-state index contributed by atoms with van der Waals surface area (Å²) >= 11 is 0. The summed E-state index contributed by atoms with van der Waals surface area (Å²) in [5.74, 6) is -13.1. The molecule has 0 fully saturated rings. The molecule has 196 valence electrons. The average Bonchev–Trinajstić information content (AvgIpc) is 2.92. The fourth-order valence-electron chi connectivity index (χ4n) is 3.06. The fraction of sp³-hybridized carbons (Fsp3) is 0. The molecule has 3 nitrogen and oxygen atoms in total. The lowest BCUT2D eigenvalue weighted by Crippen LogP contribution is -2.41. The van der Waals surface area contributed by atoms with Crippen LogP contribution < -0.4 is 9.65 Å². The molecule has 0 aliphatic carbocycles. The van der Waals surface area contributed by atoms with Crippen LogP contribution in [0.15, 0.2) is 94.7 Å². The third-order valence-electron chi connectivity index (χ3n) is 4.88. The minimum atomic E-state index is -6.30.